The molecule has 2 amide bonds. The van der Waals surface area contributed by atoms with E-state index in [0.717, 1.165) is 6.42 Å². The first kappa shape index (κ1) is 17.0. The Morgan fingerprint density at radius 2 is 2.09 bits per heavy atom. The van der Waals surface area contributed by atoms with E-state index in [2.05, 4.69) is 5.32 Å². The van der Waals surface area contributed by atoms with Gasteiger partial charge in [0.25, 0.3) is 0 Å². The molecule has 4 nitrogen and oxygen atoms in total. The summed E-state index contributed by atoms with van der Waals surface area (Å²) in [6.45, 7) is 3.02. The van der Waals surface area contributed by atoms with E-state index in [0.29, 0.717) is 30.3 Å². The third-order valence-corrected chi connectivity index (χ3v) is 4.96. The molecule has 0 radical (unpaired) electrons. The number of nitrogens with one attached hydrogen (secondary N) is 1. The zero-order valence-corrected chi connectivity index (χ0v) is 14.2. The van der Waals surface area contributed by atoms with Crippen LogP contribution in [-0.2, 0) is 16.0 Å². The monoisotopic (exact) mass is 336 g/mol. The molecule has 1 saturated heterocycles. The number of thioether (sulfide) groups is 1. The molecule has 0 spiro atoms. The quantitative estimate of drug-likeness (QED) is 0.777. The summed E-state index contributed by atoms with van der Waals surface area (Å²) in [4.78, 5) is 25.2. The second-order valence-corrected chi connectivity index (χ2v) is 7.18. The largest absolute Gasteiger partial charge is 0.356 e. The Balaban J connectivity index is 1.62. The Labute approximate surface area is 140 Å². The zero-order valence-electron chi connectivity index (χ0n) is 12.6. The van der Waals surface area contributed by atoms with Crippen molar-refractivity contribution in [1.82, 2.24) is 10.2 Å². The van der Waals surface area contributed by atoms with E-state index in [9.17, 15) is 9.59 Å². The summed E-state index contributed by atoms with van der Waals surface area (Å²) in [5.74, 6) is 0.0775. The van der Waals surface area contributed by atoms with Crippen LogP contribution in [0.25, 0.3) is 0 Å². The maximum absolute atomic E-state index is 11.8. The predicted octanol–water partition coefficient (Wildman–Crippen LogP) is 2.37. The molecular weight excluding hydrogens is 316 g/mol. The summed E-state index contributed by atoms with van der Waals surface area (Å²) in [6.07, 6.45) is 1.88. The number of hydrogen-bond acceptors (Lipinski definition) is 4. The highest BCUT2D eigenvalue weighted by molar-refractivity contribution is 8.24. The van der Waals surface area contributed by atoms with Gasteiger partial charge in [0.1, 0.15) is 4.32 Å². The fourth-order valence-electron chi connectivity index (χ4n) is 2.25. The van der Waals surface area contributed by atoms with Crippen molar-refractivity contribution in [2.45, 2.75) is 31.4 Å². The van der Waals surface area contributed by atoms with Crippen molar-refractivity contribution in [2.24, 2.45) is 0 Å². The van der Waals surface area contributed by atoms with Crippen LogP contribution in [-0.4, -0.2) is 39.4 Å². The summed E-state index contributed by atoms with van der Waals surface area (Å²) in [7, 11) is 0. The smallest absolute Gasteiger partial charge is 0.241 e. The molecule has 1 atom stereocenters. The number of carbonyl (C=O) groups is 2. The average Bonchev–Trinajstić information content (AvgIpc) is 2.74. The van der Waals surface area contributed by atoms with Gasteiger partial charge >= 0.3 is 0 Å². The van der Waals surface area contributed by atoms with Gasteiger partial charge in [0.15, 0.2) is 0 Å². The van der Waals surface area contributed by atoms with E-state index in [1.807, 2.05) is 37.3 Å². The van der Waals surface area contributed by atoms with Crippen LogP contribution < -0.4 is 5.32 Å². The number of amides is 2. The molecule has 0 bridgehead atoms. The second kappa shape index (κ2) is 8.29. The number of thiocarbonyl (C=S) groups is 1. The molecule has 1 aliphatic heterocycles. The normalized spacial score (nSPS) is 17.9. The van der Waals surface area contributed by atoms with Crippen LogP contribution in [0.3, 0.4) is 0 Å². The Kier molecular flexibility index (Phi) is 6.39. The molecule has 0 aliphatic carbocycles. The maximum Gasteiger partial charge on any atom is 0.241 e. The van der Waals surface area contributed by atoms with Crippen molar-refractivity contribution in [1.29, 1.82) is 0 Å². The Morgan fingerprint density at radius 3 is 2.73 bits per heavy atom. The lowest BCUT2D eigenvalue weighted by Gasteiger charge is -2.14. The van der Waals surface area contributed by atoms with Crippen molar-refractivity contribution >= 4 is 40.1 Å². The van der Waals surface area contributed by atoms with Gasteiger partial charge in [-0.1, -0.05) is 54.3 Å². The van der Waals surface area contributed by atoms with Gasteiger partial charge < -0.3 is 5.32 Å². The molecule has 0 saturated carbocycles. The lowest BCUT2D eigenvalue weighted by atomic mass is 10.1. The number of hydrogen-bond donors (Lipinski definition) is 1. The van der Waals surface area contributed by atoms with E-state index >= 15 is 0 Å². The SMILES string of the molecule is CC1SC(=S)N(CCCC(=O)NCCc2ccccc2)C1=O. The summed E-state index contributed by atoms with van der Waals surface area (Å²) >= 11 is 6.58. The first-order valence-electron chi connectivity index (χ1n) is 7.40. The Bertz CT molecular complexity index is 548. The fourth-order valence-corrected chi connectivity index (χ4v) is 3.71. The molecular formula is C16H20N2O2S2. The van der Waals surface area contributed by atoms with Crippen molar-refractivity contribution in [3.05, 3.63) is 35.9 Å². The van der Waals surface area contributed by atoms with Crippen molar-refractivity contribution in [3.63, 3.8) is 0 Å². The van der Waals surface area contributed by atoms with E-state index in [4.69, 9.17) is 12.2 Å². The summed E-state index contributed by atoms with van der Waals surface area (Å²) in [5.41, 5.74) is 1.21. The molecule has 1 unspecified atom stereocenters. The Morgan fingerprint density at radius 1 is 1.36 bits per heavy atom. The molecule has 6 heteroatoms. The maximum atomic E-state index is 11.8. The van der Waals surface area contributed by atoms with Gasteiger partial charge in [-0.25, -0.2) is 0 Å². The van der Waals surface area contributed by atoms with Gasteiger partial charge in [-0.2, -0.15) is 0 Å². The van der Waals surface area contributed by atoms with Gasteiger partial charge in [-0.15, -0.1) is 0 Å². The van der Waals surface area contributed by atoms with E-state index in [-0.39, 0.29) is 17.1 Å². The number of benzene rings is 1. The minimum Gasteiger partial charge on any atom is -0.356 e. The Hall–Kier alpha value is -1.40. The second-order valence-electron chi connectivity index (χ2n) is 5.20. The zero-order chi connectivity index (χ0) is 15.9. The van der Waals surface area contributed by atoms with Crippen molar-refractivity contribution in [3.8, 4) is 0 Å². The van der Waals surface area contributed by atoms with Gasteiger partial charge in [0.2, 0.25) is 11.8 Å². The summed E-state index contributed by atoms with van der Waals surface area (Å²) in [5, 5.41) is 2.82. The first-order valence-corrected chi connectivity index (χ1v) is 8.69. The van der Waals surface area contributed by atoms with Crippen LogP contribution in [0.4, 0.5) is 0 Å². The molecule has 2 rings (SSSR count). The minimum atomic E-state index is -0.0906. The van der Waals surface area contributed by atoms with Crippen LogP contribution in [0.5, 0.6) is 0 Å². The van der Waals surface area contributed by atoms with Gasteiger partial charge in [0, 0.05) is 19.5 Å². The van der Waals surface area contributed by atoms with Crippen molar-refractivity contribution in [2.75, 3.05) is 13.1 Å². The van der Waals surface area contributed by atoms with E-state index in [1.54, 1.807) is 4.90 Å². The highest BCUT2D eigenvalue weighted by Gasteiger charge is 2.33. The van der Waals surface area contributed by atoms with Crippen LogP contribution in [0.1, 0.15) is 25.3 Å². The highest BCUT2D eigenvalue weighted by Crippen LogP contribution is 2.26. The fraction of sp³-hybridized carbons (Fsp3) is 0.438. The van der Waals surface area contributed by atoms with Crippen molar-refractivity contribution < 1.29 is 9.59 Å². The standard InChI is InChI=1S/C16H20N2O2S2/c1-12-15(20)18(16(21)22-12)11-5-8-14(19)17-10-9-13-6-3-2-4-7-13/h2-4,6-7,12H,5,8-11H2,1H3,(H,17,19). The van der Waals surface area contributed by atoms with Gasteiger partial charge in [0.05, 0.1) is 5.25 Å². The van der Waals surface area contributed by atoms with E-state index < -0.39 is 0 Å². The van der Waals surface area contributed by atoms with Crippen LogP contribution in [0, 0.1) is 0 Å². The average molecular weight is 336 g/mol. The third-order valence-electron chi connectivity index (χ3n) is 3.48. The van der Waals surface area contributed by atoms with Crippen LogP contribution in [0.15, 0.2) is 30.3 Å². The van der Waals surface area contributed by atoms with Crippen LogP contribution >= 0.6 is 24.0 Å². The topological polar surface area (TPSA) is 49.4 Å². The number of carbonyl (C=O) groups excluding carboxylic acids is 2. The van der Waals surface area contributed by atoms with Crippen LogP contribution in [0.2, 0.25) is 0 Å². The number of nitrogens with zero attached hydrogens (tertiary/aromatic N) is 1. The minimum absolute atomic E-state index is 0.0224. The van der Waals surface area contributed by atoms with E-state index in [1.165, 1.54) is 17.3 Å². The molecule has 1 aromatic carbocycles. The lowest BCUT2D eigenvalue weighted by molar-refractivity contribution is -0.126. The molecule has 118 valence electrons. The predicted molar refractivity (Wildman–Crippen MR) is 93.8 cm³/mol. The molecule has 1 heterocycles. The molecule has 1 aliphatic rings. The highest BCUT2D eigenvalue weighted by atomic mass is 32.2. The third kappa shape index (κ3) is 4.81. The molecule has 1 N–H and O–H groups in total. The summed E-state index contributed by atoms with van der Waals surface area (Å²) < 4.78 is 0.627. The van der Waals surface area contributed by atoms with Gasteiger partial charge in [-0.3, -0.25) is 14.5 Å². The molecule has 1 aromatic rings. The van der Waals surface area contributed by atoms with Gasteiger partial charge in [-0.05, 0) is 25.3 Å². The molecule has 0 aromatic heterocycles. The molecule has 22 heavy (non-hydrogen) atoms. The summed E-state index contributed by atoms with van der Waals surface area (Å²) in [6, 6.07) is 10.1. The lowest BCUT2D eigenvalue weighted by Crippen LogP contribution is -2.32. The first-order chi connectivity index (χ1) is 10.6. The number of rotatable bonds is 7. The molecule has 1 fully saturated rings.